The minimum absolute atomic E-state index is 0.0615. The fraction of sp³-hybridized carbons (Fsp3) is 0.200. The molecule has 1 amide bonds. The molecule has 0 aliphatic rings. The minimum Gasteiger partial charge on any atom is -0.441 e. The van der Waals surface area contributed by atoms with Crippen LogP contribution in [0, 0.1) is 5.82 Å². The second-order valence-corrected chi connectivity index (χ2v) is 6.29. The Hall–Kier alpha value is -2.66. The van der Waals surface area contributed by atoms with E-state index in [4.69, 9.17) is 16.0 Å². The predicted octanol–water partition coefficient (Wildman–Crippen LogP) is 4.43. The fourth-order valence-corrected chi connectivity index (χ4v) is 2.73. The number of carbonyl (C=O) groups is 1. The van der Waals surface area contributed by atoms with Gasteiger partial charge in [-0.25, -0.2) is 9.37 Å². The number of amides is 1. The molecule has 0 saturated heterocycles. The Morgan fingerprint density at radius 2 is 1.96 bits per heavy atom. The van der Waals surface area contributed by atoms with Gasteiger partial charge in [-0.05, 0) is 48.4 Å². The first-order valence-corrected chi connectivity index (χ1v) is 8.70. The van der Waals surface area contributed by atoms with Crippen LogP contribution in [0.1, 0.15) is 17.9 Å². The van der Waals surface area contributed by atoms with E-state index >= 15 is 0 Å². The van der Waals surface area contributed by atoms with Crippen LogP contribution >= 0.6 is 11.6 Å². The molecule has 0 aliphatic heterocycles. The summed E-state index contributed by atoms with van der Waals surface area (Å²) in [5, 5.41) is 3.56. The molecule has 1 N–H and O–H groups in total. The number of oxazole rings is 1. The summed E-state index contributed by atoms with van der Waals surface area (Å²) in [5.41, 5.74) is 1.82. The number of nitrogens with zero attached hydrogens (tertiary/aromatic N) is 1. The van der Waals surface area contributed by atoms with Crippen LogP contribution in [0.2, 0.25) is 5.02 Å². The van der Waals surface area contributed by atoms with Crippen molar-refractivity contribution < 1.29 is 13.6 Å². The van der Waals surface area contributed by atoms with Crippen LogP contribution in [0.5, 0.6) is 0 Å². The molecule has 0 aliphatic carbocycles. The van der Waals surface area contributed by atoms with Crippen molar-refractivity contribution in [2.45, 2.75) is 19.3 Å². The predicted molar refractivity (Wildman–Crippen MR) is 98.4 cm³/mol. The van der Waals surface area contributed by atoms with E-state index in [2.05, 4.69) is 10.3 Å². The molecular weight excluding hydrogens is 355 g/mol. The quantitative estimate of drug-likeness (QED) is 0.667. The van der Waals surface area contributed by atoms with Crippen molar-refractivity contribution in [2.24, 2.45) is 0 Å². The molecule has 134 valence electrons. The molecule has 0 unspecified atom stereocenters. The Morgan fingerprint density at radius 3 is 2.73 bits per heavy atom. The molecule has 0 saturated carbocycles. The second-order valence-electron chi connectivity index (χ2n) is 5.86. The topological polar surface area (TPSA) is 55.1 Å². The zero-order valence-electron chi connectivity index (χ0n) is 14.0. The lowest BCUT2D eigenvalue weighted by atomic mass is 10.1. The Kier molecular flexibility index (Phi) is 6.02. The van der Waals surface area contributed by atoms with E-state index in [0.717, 1.165) is 17.5 Å². The highest BCUT2D eigenvalue weighted by Crippen LogP contribution is 2.21. The van der Waals surface area contributed by atoms with E-state index < -0.39 is 0 Å². The third kappa shape index (κ3) is 5.17. The number of aromatic nitrogens is 1. The summed E-state index contributed by atoms with van der Waals surface area (Å²) in [4.78, 5) is 16.1. The molecule has 0 bridgehead atoms. The summed E-state index contributed by atoms with van der Waals surface area (Å²) >= 11 is 5.93. The molecule has 6 heteroatoms. The van der Waals surface area contributed by atoms with Crippen LogP contribution < -0.4 is 5.32 Å². The van der Waals surface area contributed by atoms with Crippen molar-refractivity contribution in [2.75, 3.05) is 6.54 Å². The Morgan fingerprint density at radius 1 is 1.15 bits per heavy atom. The van der Waals surface area contributed by atoms with Gasteiger partial charge in [0.1, 0.15) is 5.82 Å². The van der Waals surface area contributed by atoms with Crippen molar-refractivity contribution in [3.05, 3.63) is 77.0 Å². The van der Waals surface area contributed by atoms with Gasteiger partial charge < -0.3 is 9.73 Å². The normalized spacial score (nSPS) is 10.7. The van der Waals surface area contributed by atoms with E-state index in [9.17, 15) is 9.18 Å². The van der Waals surface area contributed by atoms with Crippen LogP contribution in [0.3, 0.4) is 0 Å². The van der Waals surface area contributed by atoms with Gasteiger partial charge in [0.15, 0.2) is 11.7 Å². The van der Waals surface area contributed by atoms with Crippen molar-refractivity contribution >= 4 is 17.5 Å². The summed E-state index contributed by atoms with van der Waals surface area (Å²) in [6.45, 7) is 0.547. The van der Waals surface area contributed by atoms with E-state index in [1.165, 1.54) is 12.1 Å². The first-order valence-electron chi connectivity index (χ1n) is 8.32. The molecule has 0 spiro atoms. The monoisotopic (exact) mass is 372 g/mol. The molecule has 0 fully saturated rings. The van der Waals surface area contributed by atoms with Gasteiger partial charge in [0.05, 0.1) is 6.20 Å². The lowest BCUT2D eigenvalue weighted by Crippen LogP contribution is -2.25. The average molecular weight is 373 g/mol. The lowest BCUT2D eigenvalue weighted by molar-refractivity contribution is -0.121. The Bertz CT molecular complexity index is 878. The van der Waals surface area contributed by atoms with Gasteiger partial charge in [-0.15, -0.1) is 0 Å². The highest BCUT2D eigenvalue weighted by atomic mass is 35.5. The number of carbonyl (C=O) groups excluding carboxylic acids is 1. The molecule has 0 atom stereocenters. The van der Waals surface area contributed by atoms with Crippen LogP contribution in [0.4, 0.5) is 4.39 Å². The molecule has 2 aromatic carbocycles. The number of nitrogens with one attached hydrogen (secondary N) is 1. The van der Waals surface area contributed by atoms with Gasteiger partial charge >= 0.3 is 0 Å². The van der Waals surface area contributed by atoms with Crippen molar-refractivity contribution in [1.29, 1.82) is 0 Å². The number of halogens is 2. The Balaban J connectivity index is 1.44. The minimum atomic E-state index is -0.303. The third-order valence-corrected chi connectivity index (χ3v) is 4.11. The van der Waals surface area contributed by atoms with Crippen molar-refractivity contribution in [3.63, 3.8) is 0 Å². The van der Waals surface area contributed by atoms with E-state index in [0.29, 0.717) is 36.1 Å². The van der Waals surface area contributed by atoms with Gasteiger partial charge in [0.25, 0.3) is 0 Å². The van der Waals surface area contributed by atoms with Crippen LogP contribution in [0.15, 0.2) is 59.1 Å². The molecule has 26 heavy (non-hydrogen) atoms. The number of benzene rings is 2. The number of aryl methyl sites for hydroxylation is 1. The molecule has 1 heterocycles. The van der Waals surface area contributed by atoms with Crippen molar-refractivity contribution in [1.82, 2.24) is 10.3 Å². The van der Waals surface area contributed by atoms with Gasteiger partial charge in [0.2, 0.25) is 5.91 Å². The maximum Gasteiger partial charge on any atom is 0.220 e. The maximum absolute atomic E-state index is 12.9. The first-order chi connectivity index (χ1) is 12.6. The number of hydrogen-bond donors (Lipinski definition) is 1. The molecular formula is C20H18ClFN2O2. The third-order valence-electron chi connectivity index (χ3n) is 3.87. The van der Waals surface area contributed by atoms with Crippen LogP contribution in [0.25, 0.3) is 11.3 Å². The standard InChI is InChI=1S/C20H18ClFN2O2/c21-16-3-1-2-14(12-16)10-11-23-19(25)8-9-20-24-13-18(26-20)15-4-6-17(22)7-5-15/h1-7,12-13H,8-11H2,(H,23,25). The second kappa shape index (κ2) is 8.63. The number of hydrogen-bond acceptors (Lipinski definition) is 3. The smallest absolute Gasteiger partial charge is 0.220 e. The highest BCUT2D eigenvalue weighted by Gasteiger charge is 2.09. The maximum atomic E-state index is 12.9. The van der Waals surface area contributed by atoms with Gasteiger partial charge in [-0.3, -0.25) is 4.79 Å². The zero-order chi connectivity index (χ0) is 18.4. The van der Waals surface area contributed by atoms with Gasteiger partial charge in [0, 0.05) is 30.0 Å². The number of rotatable bonds is 7. The van der Waals surface area contributed by atoms with Crippen LogP contribution in [-0.2, 0) is 17.6 Å². The summed E-state index contributed by atoms with van der Waals surface area (Å²) in [7, 11) is 0. The first kappa shape index (κ1) is 18.1. The molecule has 3 rings (SSSR count). The Labute approximate surface area is 156 Å². The van der Waals surface area contributed by atoms with E-state index in [-0.39, 0.29) is 11.7 Å². The SMILES string of the molecule is O=C(CCc1ncc(-c2ccc(F)cc2)o1)NCCc1cccc(Cl)c1. The molecule has 3 aromatic rings. The van der Waals surface area contributed by atoms with E-state index in [1.807, 2.05) is 24.3 Å². The summed E-state index contributed by atoms with van der Waals surface area (Å²) in [6, 6.07) is 13.6. The molecule has 0 radical (unpaired) electrons. The summed E-state index contributed by atoms with van der Waals surface area (Å²) in [6.07, 6.45) is 3.00. The van der Waals surface area contributed by atoms with Crippen LogP contribution in [-0.4, -0.2) is 17.4 Å². The lowest BCUT2D eigenvalue weighted by Gasteiger charge is -2.05. The molecule has 1 aromatic heterocycles. The van der Waals surface area contributed by atoms with Gasteiger partial charge in [-0.2, -0.15) is 0 Å². The molecule has 4 nitrogen and oxygen atoms in total. The van der Waals surface area contributed by atoms with Gasteiger partial charge in [-0.1, -0.05) is 23.7 Å². The van der Waals surface area contributed by atoms with Crippen molar-refractivity contribution in [3.8, 4) is 11.3 Å². The highest BCUT2D eigenvalue weighted by molar-refractivity contribution is 6.30. The zero-order valence-corrected chi connectivity index (χ0v) is 14.8. The fourth-order valence-electron chi connectivity index (χ4n) is 2.52. The van der Waals surface area contributed by atoms with E-state index in [1.54, 1.807) is 18.3 Å². The largest absolute Gasteiger partial charge is 0.441 e. The summed E-state index contributed by atoms with van der Waals surface area (Å²) < 4.78 is 18.6. The summed E-state index contributed by atoms with van der Waals surface area (Å²) in [5.74, 6) is 0.673. The average Bonchev–Trinajstić information content (AvgIpc) is 3.10.